The van der Waals surface area contributed by atoms with Gasteiger partial charge in [-0.2, -0.15) is 9.29 Å². The number of sulfonamides is 1. The van der Waals surface area contributed by atoms with Crippen molar-refractivity contribution in [2.75, 3.05) is 32.5 Å². The molecule has 1 fully saturated rings. The number of aromatic nitrogens is 2. The average molecular weight is 354 g/mol. The molecule has 7 nitrogen and oxygen atoms in total. The van der Waals surface area contributed by atoms with Gasteiger partial charge in [-0.25, -0.2) is 13.4 Å². The Kier molecular flexibility index (Phi) is 5.68. The van der Waals surface area contributed by atoms with E-state index >= 15 is 0 Å². The number of fused-ring (bicyclic) bond motifs is 1. The van der Waals surface area contributed by atoms with Gasteiger partial charge in [0.05, 0.1) is 18.6 Å². The normalized spacial score (nSPS) is 19.9. The zero-order valence-electron chi connectivity index (χ0n) is 14.2. The van der Waals surface area contributed by atoms with Crippen LogP contribution in [0.15, 0.2) is 6.20 Å². The molecule has 2 aliphatic rings. The average Bonchev–Trinajstić information content (AvgIpc) is 2.58. The van der Waals surface area contributed by atoms with Gasteiger partial charge in [-0.3, -0.25) is 0 Å². The summed E-state index contributed by atoms with van der Waals surface area (Å²) in [6, 6.07) is 0.409. The SMILES string of the molecule is CS(=O)(=O)N1CCc2nc(OCCCC3CCNCC3)ncc2C1. The van der Waals surface area contributed by atoms with Gasteiger partial charge < -0.3 is 10.1 Å². The van der Waals surface area contributed by atoms with Gasteiger partial charge in [0, 0.05) is 31.3 Å². The van der Waals surface area contributed by atoms with Gasteiger partial charge in [0.1, 0.15) is 0 Å². The lowest BCUT2D eigenvalue weighted by molar-refractivity contribution is 0.256. The molecule has 0 saturated carbocycles. The summed E-state index contributed by atoms with van der Waals surface area (Å²) < 4.78 is 30.4. The molecule has 2 aliphatic heterocycles. The minimum Gasteiger partial charge on any atom is -0.463 e. The molecule has 1 aromatic heterocycles. The van der Waals surface area contributed by atoms with E-state index in [9.17, 15) is 8.42 Å². The number of piperidine rings is 1. The number of nitrogens with zero attached hydrogens (tertiary/aromatic N) is 3. The van der Waals surface area contributed by atoms with Crippen molar-refractivity contribution in [2.45, 2.75) is 38.6 Å². The molecule has 0 radical (unpaired) electrons. The Morgan fingerprint density at radius 3 is 2.92 bits per heavy atom. The van der Waals surface area contributed by atoms with Crippen LogP contribution in [-0.2, 0) is 23.0 Å². The van der Waals surface area contributed by atoms with E-state index in [1.807, 2.05) is 0 Å². The number of hydrogen-bond donors (Lipinski definition) is 1. The Morgan fingerprint density at radius 2 is 2.17 bits per heavy atom. The van der Waals surface area contributed by atoms with E-state index in [-0.39, 0.29) is 0 Å². The van der Waals surface area contributed by atoms with Crippen LogP contribution in [0.5, 0.6) is 6.01 Å². The molecule has 0 aromatic carbocycles. The number of ether oxygens (including phenoxy) is 1. The van der Waals surface area contributed by atoms with E-state index in [0.29, 0.717) is 32.1 Å². The molecule has 134 valence electrons. The molecule has 0 aliphatic carbocycles. The summed E-state index contributed by atoms with van der Waals surface area (Å²) in [4.78, 5) is 8.68. The topological polar surface area (TPSA) is 84.4 Å². The number of nitrogens with one attached hydrogen (secondary N) is 1. The summed E-state index contributed by atoms with van der Waals surface area (Å²) in [5, 5.41) is 3.38. The van der Waals surface area contributed by atoms with E-state index in [1.165, 1.54) is 29.8 Å². The smallest absolute Gasteiger partial charge is 0.316 e. The first-order chi connectivity index (χ1) is 11.5. The molecule has 0 spiro atoms. The molecule has 0 bridgehead atoms. The molecule has 8 heteroatoms. The van der Waals surface area contributed by atoms with Crippen molar-refractivity contribution in [3.63, 3.8) is 0 Å². The zero-order chi connectivity index (χ0) is 17.0. The lowest BCUT2D eigenvalue weighted by atomic mass is 9.93. The molecule has 1 aromatic rings. The van der Waals surface area contributed by atoms with Crippen molar-refractivity contribution in [2.24, 2.45) is 5.92 Å². The predicted molar refractivity (Wildman–Crippen MR) is 91.3 cm³/mol. The highest BCUT2D eigenvalue weighted by molar-refractivity contribution is 7.88. The van der Waals surface area contributed by atoms with Crippen LogP contribution >= 0.6 is 0 Å². The molecule has 24 heavy (non-hydrogen) atoms. The first kappa shape index (κ1) is 17.6. The van der Waals surface area contributed by atoms with Crippen molar-refractivity contribution in [1.82, 2.24) is 19.6 Å². The summed E-state index contributed by atoms with van der Waals surface area (Å²) in [6.45, 7) is 3.72. The lowest BCUT2D eigenvalue weighted by Gasteiger charge is -2.25. The van der Waals surface area contributed by atoms with Gasteiger partial charge in [-0.15, -0.1) is 0 Å². The van der Waals surface area contributed by atoms with Crippen LogP contribution < -0.4 is 10.1 Å². The Labute approximate surface area is 143 Å². The van der Waals surface area contributed by atoms with E-state index in [1.54, 1.807) is 6.20 Å². The van der Waals surface area contributed by atoms with Crippen LogP contribution in [0.25, 0.3) is 0 Å². The highest BCUT2D eigenvalue weighted by Gasteiger charge is 2.24. The maximum atomic E-state index is 11.6. The first-order valence-corrected chi connectivity index (χ1v) is 10.5. The van der Waals surface area contributed by atoms with Crippen LogP contribution in [0, 0.1) is 5.92 Å². The first-order valence-electron chi connectivity index (χ1n) is 8.66. The minimum atomic E-state index is -3.17. The van der Waals surface area contributed by atoms with Crippen LogP contribution in [0.3, 0.4) is 0 Å². The Balaban J connectivity index is 1.48. The molecule has 0 unspecified atom stereocenters. The van der Waals surface area contributed by atoms with Gasteiger partial charge >= 0.3 is 6.01 Å². The van der Waals surface area contributed by atoms with Crippen LogP contribution in [0.2, 0.25) is 0 Å². The fourth-order valence-electron chi connectivity index (χ4n) is 3.33. The summed E-state index contributed by atoms with van der Waals surface area (Å²) in [6.07, 6.45) is 8.26. The Hall–Kier alpha value is -1.25. The molecule has 1 N–H and O–H groups in total. The van der Waals surface area contributed by atoms with Crippen molar-refractivity contribution < 1.29 is 13.2 Å². The number of rotatable bonds is 6. The van der Waals surface area contributed by atoms with Crippen LogP contribution in [0.4, 0.5) is 0 Å². The molecule has 3 heterocycles. The third kappa shape index (κ3) is 4.64. The monoisotopic (exact) mass is 354 g/mol. The van der Waals surface area contributed by atoms with Gasteiger partial charge in [0.15, 0.2) is 0 Å². The maximum absolute atomic E-state index is 11.6. The van der Waals surface area contributed by atoms with E-state index < -0.39 is 10.0 Å². The van der Waals surface area contributed by atoms with Gasteiger partial charge in [0.25, 0.3) is 0 Å². The van der Waals surface area contributed by atoms with Crippen LogP contribution in [-0.4, -0.2) is 55.2 Å². The Morgan fingerprint density at radius 1 is 1.38 bits per heavy atom. The molecular formula is C16H26N4O3S. The van der Waals surface area contributed by atoms with Crippen molar-refractivity contribution in [3.8, 4) is 6.01 Å². The summed E-state index contributed by atoms with van der Waals surface area (Å²) in [7, 11) is -3.17. The molecular weight excluding hydrogens is 328 g/mol. The lowest BCUT2D eigenvalue weighted by Crippen LogP contribution is -2.35. The molecule has 0 amide bonds. The predicted octanol–water partition coefficient (Wildman–Crippen LogP) is 0.953. The third-order valence-electron chi connectivity index (χ3n) is 4.79. The highest BCUT2D eigenvalue weighted by atomic mass is 32.2. The van der Waals surface area contributed by atoms with Crippen molar-refractivity contribution in [1.29, 1.82) is 0 Å². The summed E-state index contributed by atoms with van der Waals surface area (Å²) in [5.74, 6) is 0.807. The maximum Gasteiger partial charge on any atom is 0.316 e. The summed E-state index contributed by atoms with van der Waals surface area (Å²) in [5.41, 5.74) is 1.77. The second kappa shape index (κ2) is 7.76. The van der Waals surface area contributed by atoms with Crippen molar-refractivity contribution >= 4 is 10.0 Å². The Bertz CT molecular complexity index is 659. The molecule has 3 rings (SSSR count). The molecule has 0 atom stereocenters. The zero-order valence-corrected chi connectivity index (χ0v) is 15.0. The van der Waals surface area contributed by atoms with Crippen molar-refractivity contribution in [3.05, 3.63) is 17.5 Å². The van der Waals surface area contributed by atoms with Crippen LogP contribution in [0.1, 0.15) is 36.9 Å². The van der Waals surface area contributed by atoms with E-state index in [0.717, 1.165) is 36.7 Å². The summed E-state index contributed by atoms with van der Waals surface area (Å²) >= 11 is 0. The molecule has 1 saturated heterocycles. The van der Waals surface area contributed by atoms with E-state index in [4.69, 9.17) is 4.74 Å². The fraction of sp³-hybridized carbons (Fsp3) is 0.750. The second-order valence-electron chi connectivity index (χ2n) is 6.66. The third-order valence-corrected chi connectivity index (χ3v) is 6.04. The second-order valence-corrected chi connectivity index (χ2v) is 8.64. The van der Waals surface area contributed by atoms with Gasteiger partial charge in [-0.05, 0) is 44.7 Å². The van der Waals surface area contributed by atoms with Gasteiger partial charge in [0.2, 0.25) is 10.0 Å². The standard InChI is InChI=1S/C16H26N4O3S/c1-24(21,22)20-9-6-15-14(12-20)11-18-16(19-15)23-10-2-3-13-4-7-17-8-5-13/h11,13,17H,2-10,12H2,1H3. The minimum absolute atomic E-state index is 0.351. The highest BCUT2D eigenvalue weighted by Crippen LogP contribution is 2.21. The van der Waals surface area contributed by atoms with E-state index in [2.05, 4.69) is 15.3 Å². The quantitative estimate of drug-likeness (QED) is 0.766. The fourth-order valence-corrected chi connectivity index (χ4v) is 4.13. The van der Waals surface area contributed by atoms with Gasteiger partial charge in [-0.1, -0.05) is 0 Å². The number of hydrogen-bond acceptors (Lipinski definition) is 6. The largest absolute Gasteiger partial charge is 0.463 e.